The van der Waals surface area contributed by atoms with Crippen molar-refractivity contribution in [2.45, 2.75) is 13.0 Å². The molecule has 0 amide bonds. The van der Waals surface area contributed by atoms with Gasteiger partial charge in [-0.1, -0.05) is 6.07 Å². The third-order valence-electron chi connectivity index (χ3n) is 2.15. The van der Waals surface area contributed by atoms with Gasteiger partial charge in [-0.25, -0.2) is 0 Å². The second kappa shape index (κ2) is 5.25. The number of carbonyl (C=O) groups is 1. The molecule has 0 aliphatic heterocycles. The average Bonchev–Trinajstić information content (AvgIpc) is 2.28. The number of para-hydroxylation sites is 1. The molecule has 0 fully saturated rings. The molecule has 0 heterocycles. The Balaban J connectivity index is 2.99. The smallest absolute Gasteiger partial charge is 0.325 e. The number of rotatable bonds is 5. The van der Waals surface area contributed by atoms with Crippen molar-refractivity contribution < 1.29 is 19.4 Å². The van der Waals surface area contributed by atoms with Crippen molar-refractivity contribution in [1.29, 1.82) is 0 Å². The molecule has 0 spiro atoms. The maximum Gasteiger partial charge on any atom is 0.325 e. The van der Waals surface area contributed by atoms with E-state index in [1.165, 1.54) is 14.2 Å². The van der Waals surface area contributed by atoms with Gasteiger partial charge in [-0.3, -0.25) is 4.79 Å². The Bertz CT molecular complexity index is 378. The zero-order chi connectivity index (χ0) is 12.1. The van der Waals surface area contributed by atoms with Crippen LogP contribution >= 0.6 is 0 Å². The lowest BCUT2D eigenvalue weighted by Gasteiger charge is -2.16. The molecule has 0 saturated heterocycles. The van der Waals surface area contributed by atoms with Gasteiger partial charge < -0.3 is 19.9 Å². The van der Waals surface area contributed by atoms with Gasteiger partial charge >= 0.3 is 5.97 Å². The lowest BCUT2D eigenvalue weighted by Crippen LogP contribution is -2.25. The van der Waals surface area contributed by atoms with Gasteiger partial charge in [-0.05, 0) is 19.1 Å². The Kier molecular flexibility index (Phi) is 3.99. The number of benzene rings is 1. The highest BCUT2D eigenvalue weighted by Gasteiger charge is 2.15. The molecular weight excluding hydrogens is 210 g/mol. The molecule has 5 nitrogen and oxygen atoms in total. The highest BCUT2D eigenvalue weighted by Crippen LogP contribution is 2.34. The first-order valence-electron chi connectivity index (χ1n) is 4.80. The van der Waals surface area contributed by atoms with Crippen molar-refractivity contribution in [3.63, 3.8) is 0 Å². The van der Waals surface area contributed by atoms with E-state index in [1.807, 2.05) is 0 Å². The fraction of sp³-hybridized carbons (Fsp3) is 0.364. The third-order valence-corrected chi connectivity index (χ3v) is 2.15. The molecule has 2 N–H and O–H groups in total. The SMILES string of the molecule is COc1cccc(NC(C)C(=O)O)c1OC. The van der Waals surface area contributed by atoms with Crippen LogP contribution in [0.5, 0.6) is 11.5 Å². The Morgan fingerprint density at radius 3 is 2.56 bits per heavy atom. The van der Waals surface area contributed by atoms with Crippen LogP contribution in [0.25, 0.3) is 0 Å². The molecule has 1 aromatic rings. The third kappa shape index (κ3) is 2.56. The number of hydrogen-bond donors (Lipinski definition) is 2. The second-order valence-electron chi connectivity index (χ2n) is 3.25. The van der Waals surface area contributed by atoms with Crippen molar-refractivity contribution >= 4 is 11.7 Å². The lowest BCUT2D eigenvalue weighted by molar-refractivity contribution is -0.137. The Morgan fingerprint density at radius 2 is 2.06 bits per heavy atom. The molecule has 0 saturated carbocycles. The van der Waals surface area contributed by atoms with Crippen LogP contribution in [0.3, 0.4) is 0 Å². The minimum atomic E-state index is -0.926. The average molecular weight is 225 g/mol. The predicted molar refractivity (Wildman–Crippen MR) is 60.3 cm³/mol. The lowest BCUT2D eigenvalue weighted by atomic mass is 10.2. The van der Waals surface area contributed by atoms with E-state index in [9.17, 15) is 4.79 Å². The summed E-state index contributed by atoms with van der Waals surface area (Å²) >= 11 is 0. The Hall–Kier alpha value is -1.91. The van der Waals surface area contributed by atoms with Crippen molar-refractivity contribution in [3.8, 4) is 11.5 Å². The van der Waals surface area contributed by atoms with E-state index in [-0.39, 0.29) is 0 Å². The first kappa shape index (κ1) is 12.2. The molecule has 1 atom stereocenters. The zero-order valence-electron chi connectivity index (χ0n) is 9.48. The van der Waals surface area contributed by atoms with Gasteiger partial charge in [0.1, 0.15) is 6.04 Å². The number of nitrogens with one attached hydrogen (secondary N) is 1. The van der Waals surface area contributed by atoms with Gasteiger partial charge in [0, 0.05) is 0 Å². The zero-order valence-corrected chi connectivity index (χ0v) is 9.48. The second-order valence-corrected chi connectivity index (χ2v) is 3.25. The molecule has 0 aromatic heterocycles. The fourth-order valence-corrected chi connectivity index (χ4v) is 1.30. The number of methoxy groups -OCH3 is 2. The topological polar surface area (TPSA) is 67.8 Å². The molecule has 0 aliphatic carbocycles. The molecular formula is C11H15NO4. The van der Waals surface area contributed by atoms with E-state index >= 15 is 0 Å². The summed E-state index contributed by atoms with van der Waals surface area (Å²) in [6.45, 7) is 1.56. The molecule has 0 radical (unpaired) electrons. The van der Waals surface area contributed by atoms with E-state index in [4.69, 9.17) is 14.6 Å². The standard InChI is InChI=1S/C11H15NO4/c1-7(11(13)14)12-8-5-4-6-9(15-2)10(8)16-3/h4-7,12H,1-3H3,(H,13,14). The maximum absolute atomic E-state index is 10.7. The molecule has 0 bridgehead atoms. The molecule has 0 aliphatic rings. The van der Waals surface area contributed by atoms with Crippen LogP contribution in [0, 0.1) is 0 Å². The molecule has 88 valence electrons. The van der Waals surface area contributed by atoms with Gasteiger partial charge in [-0.2, -0.15) is 0 Å². The van der Waals surface area contributed by atoms with E-state index in [2.05, 4.69) is 5.32 Å². The highest BCUT2D eigenvalue weighted by atomic mass is 16.5. The van der Waals surface area contributed by atoms with E-state index in [1.54, 1.807) is 25.1 Å². The molecule has 1 unspecified atom stereocenters. The first-order chi connectivity index (χ1) is 7.60. The first-order valence-corrected chi connectivity index (χ1v) is 4.80. The van der Waals surface area contributed by atoms with Crippen molar-refractivity contribution in [3.05, 3.63) is 18.2 Å². The summed E-state index contributed by atoms with van der Waals surface area (Å²) in [5, 5.41) is 11.6. The monoisotopic (exact) mass is 225 g/mol. The number of hydrogen-bond acceptors (Lipinski definition) is 4. The normalized spacial score (nSPS) is 11.7. The summed E-state index contributed by atoms with van der Waals surface area (Å²) in [7, 11) is 3.04. The highest BCUT2D eigenvalue weighted by molar-refractivity contribution is 5.78. The minimum absolute atomic E-state index is 0.498. The Morgan fingerprint density at radius 1 is 1.38 bits per heavy atom. The maximum atomic E-state index is 10.7. The molecule has 1 rings (SSSR count). The molecule has 1 aromatic carbocycles. The van der Waals surface area contributed by atoms with E-state index < -0.39 is 12.0 Å². The number of carboxylic acid groups (broad SMARTS) is 1. The predicted octanol–water partition coefficient (Wildman–Crippen LogP) is 1.59. The summed E-state index contributed by atoms with van der Waals surface area (Å²) in [5.41, 5.74) is 0.594. The quantitative estimate of drug-likeness (QED) is 0.796. The van der Waals surface area contributed by atoms with Crippen LogP contribution in [-0.4, -0.2) is 31.3 Å². The largest absolute Gasteiger partial charge is 0.493 e. The number of ether oxygens (including phenoxy) is 2. The fourth-order valence-electron chi connectivity index (χ4n) is 1.30. The van der Waals surface area contributed by atoms with Gasteiger partial charge in [-0.15, -0.1) is 0 Å². The summed E-state index contributed by atoms with van der Waals surface area (Å²) in [6, 6.07) is 4.55. The van der Waals surface area contributed by atoms with E-state index in [0.29, 0.717) is 17.2 Å². The van der Waals surface area contributed by atoms with Gasteiger partial charge in [0.15, 0.2) is 11.5 Å². The van der Waals surface area contributed by atoms with Gasteiger partial charge in [0.25, 0.3) is 0 Å². The Labute approximate surface area is 94.0 Å². The molecule has 16 heavy (non-hydrogen) atoms. The van der Waals surface area contributed by atoms with Crippen molar-refractivity contribution in [2.24, 2.45) is 0 Å². The summed E-state index contributed by atoms with van der Waals surface area (Å²) in [6.07, 6.45) is 0. The van der Waals surface area contributed by atoms with Gasteiger partial charge in [0.2, 0.25) is 0 Å². The van der Waals surface area contributed by atoms with E-state index in [0.717, 1.165) is 0 Å². The summed E-state index contributed by atoms with van der Waals surface area (Å²) in [4.78, 5) is 10.7. The van der Waals surface area contributed by atoms with Crippen LogP contribution in [0.1, 0.15) is 6.92 Å². The van der Waals surface area contributed by atoms with Crippen LogP contribution in [0.15, 0.2) is 18.2 Å². The van der Waals surface area contributed by atoms with Gasteiger partial charge in [0.05, 0.1) is 19.9 Å². The van der Waals surface area contributed by atoms with Crippen molar-refractivity contribution in [2.75, 3.05) is 19.5 Å². The number of carboxylic acids is 1. The minimum Gasteiger partial charge on any atom is -0.493 e. The van der Waals surface area contributed by atoms with Crippen LogP contribution in [-0.2, 0) is 4.79 Å². The van der Waals surface area contributed by atoms with Crippen molar-refractivity contribution in [1.82, 2.24) is 0 Å². The van der Waals surface area contributed by atoms with Crippen LogP contribution in [0.2, 0.25) is 0 Å². The summed E-state index contributed by atoms with van der Waals surface area (Å²) < 4.78 is 10.3. The van der Waals surface area contributed by atoms with Crippen LogP contribution in [0.4, 0.5) is 5.69 Å². The number of anilines is 1. The number of aliphatic carboxylic acids is 1. The summed E-state index contributed by atoms with van der Waals surface area (Å²) in [5.74, 6) is 0.132. The molecule has 5 heteroatoms. The van der Waals surface area contributed by atoms with Crippen LogP contribution < -0.4 is 14.8 Å².